The van der Waals surface area contributed by atoms with Crippen LogP contribution in [0.5, 0.6) is 0 Å². The van der Waals surface area contributed by atoms with Gasteiger partial charge >= 0.3 is 0 Å². The number of rotatable bonds is 8. The molecule has 3 aromatic heterocycles. The average molecular weight is 578 g/mol. The minimum absolute atomic E-state index is 0.111. The van der Waals surface area contributed by atoms with Crippen LogP contribution in [0.1, 0.15) is 35.9 Å². The first kappa shape index (κ1) is 28.0. The molecule has 1 aliphatic heterocycles. The number of amides is 1. The second-order valence-electron chi connectivity index (χ2n) is 10.5. The molecule has 0 spiro atoms. The molecule has 210 valence electrons. The lowest BCUT2D eigenvalue weighted by atomic mass is 10.1. The predicted octanol–water partition coefficient (Wildman–Crippen LogP) is 4.41. The number of thiazole rings is 1. The number of aromatic nitrogens is 4. The molecule has 0 N–H and O–H groups in total. The Kier molecular flexibility index (Phi) is 8.07. The first-order chi connectivity index (χ1) is 19.2. The van der Waals surface area contributed by atoms with Crippen LogP contribution >= 0.6 is 22.7 Å². The van der Waals surface area contributed by atoms with Crippen molar-refractivity contribution in [2.24, 2.45) is 0 Å². The van der Waals surface area contributed by atoms with E-state index in [0.717, 1.165) is 70.2 Å². The molecule has 4 aromatic rings. The lowest BCUT2D eigenvalue weighted by Gasteiger charge is -2.37. The summed E-state index contributed by atoms with van der Waals surface area (Å²) >= 11 is 2.97. The van der Waals surface area contributed by atoms with E-state index in [1.54, 1.807) is 30.3 Å². The number of likely N-dealkylation sites (N-methyl/N-ethyl adjacent to an activating group) is 2. The average Bonchev–Trinajstić information content (AvgIpc) is 3.65. The van der Waals surface area contributed by atoms with Crippen LogP contribution < -0.4 is 9.80 Å². The molecule has 1 atom stereocenters. The quantitative estimate of drug-likeness (QED) is 0.304. The monoisotopic (exact) mass is 577 g/mol. The van der Waals surface area contributed by atoms with Gasteiger partial charge in [-0.1, -0.05) is 59.4 Å². The van der Waals surface area contributed by atoms with Crippen molar-refractivity contribution in [2.45, 2.75) is 39.2 Å². The maximum atomic E-state index is 12.3. The number of piperidine rings is 1. The predicted molar refractivity (Wildman–Crippen MR) is 162 cm³/mol. The Morgan fingerprint density at radius 2 is 1.90 bits per heavy atom. The van der Waals surface area contributed by atoms with Gasteiger partial charge in [-0.3, -0.25) is 9.69 Å². The van der Waals surface area contributed by atoms with Crippen molar-refractivity contribution in [2.75, 3.05) is 57.6 Å². The molecule has 1 fully saturated rings. The maximum absolute atomic E-state index is 12.3. The van der Waals surface area contributed by atoms with Crippen LogP contribution in [0.15, 0.2) is 24.3 Å². The van der Waals surface area contributed by atoms with Gasteiger partial charge in [0.15, 0.2) is 10.9 Å². The van der Waals surface area contributed by atoms with Crippen molar-refractivity contribution in [3.63, 3.8) is 0 Å². The molecule has 1 aliphatic rings. The van der Waals surface area contributed by atoms with Crippen LogP contribution in [0, 0.1) is 18.3 Å². The highest BCUT2D eigenvalue weighted by molar-refractivity contribution is 7.20. The minimum Gasteiger partial charge on any atom is -0.348 e. The number of nitriles is 1. The molecule has 1 amide bonds. The second kappa shape index (κ2) is 11.5. The molecule has 0 bridgehead atoms. The molecule has 0 saturated carbocycles. The van der Waals surface area contributed by atoms with Gasteiger partial charge < -0.3 is 14.7 Å². The molecule has 1 saturated heterocycles. The van der Waals surface area contributed by atoms with Gasteiger partial charge in [-0.05, 0) is 33.2 Å². The number of aryl methyl sites for hydroxylation is 2. The van der Waals surface area contributed by atoms with Crippen molar-refractivity contribution in [3.8, 4) is 17.3 Å². The van der Waals surface area contributed by atoms with Gasteiger partial charge in [0.05, 0.1) is 12.2 Å². The van der Waals surface area contributed by atoms with E-state index in [9.17, 15) is 10.1 Å². The number of benzene rings is 1. The summed E-state index contributed by atoms with van der Waals surface area (Å²) in [6.07, 6.45) is 2.85. The second-order valence-corrected chi connectivity index (χ2v) is 12.4. The first-order valence-electron chi connectivity index (χ1n) is 13.5. The number of carbonyl (C=O) groups excluding carboxylic acids is 1. The highest BCUT2D eigenvalue weighted by atomic mass is 32.1. The van der Waals surface area contributed by atoms with E-state index in [2.05, 4.69) is 22.8 Å². The number of carbonyl (C=O) groups is 1. The summed E-state index contributed by atoms with van der Waals surface area (Å²) in [6, 6.07) is 10.7. The normalized spacial score (nSPS) is 15.6. The number of nitrogens with zero attached hydrogens (tertiary/aromatic N) is 9. The summed E-state index contributed by atoms with van der Waals surface area (Å²) in [7, 11) is 7.58. The van der Waals surface area contributed by atoms with Gasteiger partial charge in [0.1, 0.15) is 16.6 Å². The zero-order valence-corrected chi connectivity index (χ0v) is 25.5. The van der Waals surface area contributed by atoms with Gasteiger partial charge in [0, 0.05) is 45.8 Å². The summed E-state index contributed by atoms with van der Waals surface area (Å²) < 4.78 is 1.92. The van der Waals surface area contributed by atoms with Crippen LogP contribution in [0.25, 0.3) is 16.2 Å². The number of anilines is 3. The molecule has 0 aliphatic carbocycles. The molecule has 12 heteroatoms. The molecule has 0 radical (unpaired) electrons. The van der Waals surface area contributed by atoms with E-state index in [4.69, 9.17) is 15.1 Å². The fourth-order valence-corrected chi connectivity index (χ4v) is 6.77. The van der Waals surface area contributed by atoms with Gasteiger partial charge in [-0.25, -0.2) is 9.97 Å². The van der Waals surface area contributed by atoms with E-state index in [1.165, 1.54) is 11.3 Å². The number of imidazole rings is 1. The third-order valence-electron chi connectivity index (χ3n) is 7.39. The summed E-state index contributed by atoms with van der Waals surface area (Å²) in [5.74, 6) is 0.982. The molecule has 1 aromatic carbocycles. The van der Waals surface area contributed by atoms with E-state index >= 15 is 0 Å². The SMILES string of the molecule is CCc1nc2sc(N3CCCC(N(C)CC(=O)N(C)C)C3)nn2c1N(C)c1nc(-c2ccc(C)cc2)c(C#N)s1. The van der Waals surface area contributed by atoms with Crippen molar-refractivity contribution in [3.05, 3.63) is 40.4 Å². The lowest BCUT2D eigenvalue weighted by molar-refractivity contribution is -0.130. The molecule has 1 unspecified atom stereocenters. The number of hydrogen-bond donors (Lipinski definition) is 0. The van der Waals surface area contributed by atoms with Gasteiger partial charge in [0.2, 0.25) is 16.0 Å². The number of hydrogen-bond acceptors (Lipinski definition) is 10. The van der Waals surface area contributed by atoms with Crippen LogP contribution in [0.2, 0.25) is 0 Å². The number of fused-ring (bicyclic) bond motifs is 1. The lowest BCUT2D eigenvalue weighted by Crippen LogP contribution is -2.49. The molecular formula is C28H35N9OS2. The summed E-state index contributed by atoms with van der Waals surface area (Å²) in [5.41, 5.74) is 3.73. The van der Waals surface area contributed by atoms with Gasteiger partial charge in [0.25, 0.3) is 0 Å². The Balaban J connectivity index is 1.43. The van der Waals surface area contributed by atoms with Crippen LogP contribution in [-0.2, 0) is 11.2 Å². The van der Waals surface area contributed by atoms with Crippen molar-refractivity contribution < 1.29 is 4.79 Å². The topological polar surface area (TPSA) is 96.9 Å². The van der Waals surface area contributed by atoms with Crippen molar-refractivity contribution in [1.82, 2.24) is 29.4 Å². The van der Waals surface area contributed by atoms with E-state index in [1.807, 2.05) is 54.7 Å². The standard InChI is InChI=1S/C28H35N9OS2/c1-7-21-25(35(6)26-31-24(22(15-29)39-26)19-12-10-18(2)11-13-19)37-27(30-21)40-28(32-37)36-14-8-9-20(16-36)34(5)17-23(38)33(3)4/h10-13,20H,7-9,14,16-17H2,1-6H3. The zero-order chi connectivity index (χ0) is 28.6. The molecule has 40 heavy (non-hydrogen) atoms. The molecule has 10 nitrogen and oxygen atoms in total. The van der Waals surface area contributed by atoms with Gasteiger partial charge in [-0.15, -0.1) is 5.10 Å². The third kappa shape index (κ3) is 5.41. The first-order valence-corrected chi connectivity index (χ1v) is 15.1. The minimum atomic E-state index is 0.111. The fourth-order valence-electron chi connectivity index (χ4n) is 4.97. The maximum Gasteiger partial charge on any atom is 0.236 e. The molecule has 5 rings (SSSR count). The van der Waals surface area contributed by atoms with Crippen LogP contribution in [0.3, 0.4) is 0 Å². The highest BCUT2D eigenvalue weighted by Crippen LogP contribution is 2.38. The summed E-state index contributed by atoms with van der Waals surface area (Å²) in [6.45, 7) is 6.28. The van der Waals surface area contributed by atoms with Crippen LogP contribution in [0.4, 0.5) is 16.1 Å². The van der Waals surface area contributed by atoms with E-state index in [0.29, 0.717) is 17.1 Å². The summed E-state index contributed by atoms with van der Waals surface area (Å²) in [4.78, 5) is 31.6. The third-order valence-corrected chi connectivity index (χ3v) is 9.40. The smallest absolute Gasteiger partial charge is 0.236 e. The van der Waals surface area contributed by atoms with Gasteiger partial charge in [-0.2, -0.15) is 9.78 Å². The Morgan fingerprint density at radius 3 is 2.58 bits per heavy atom. The van der Waals surface area contributed by atoms with Crippen molar-refractivity contribution in [1.29, 1.82) is 5.26 Å². The largest absolute Gasteiger partial charge is 0.348 e. The van der Waals surface area contributed by atoms with E-state index in [-0.39, 0.29) is 11.9 Å². The van der Waals surface area contributed by atoms with E-state index < -0.39 is 0 Å². The fraction of sp³-hybridized carbons (Fsp3) is 0.464. The zero-order valence-electron chi connectivity index (χ0n) is 23.9. The Morgan fingerprint density at radius 1 is 1.15 bits per heavy atom. The van der Waals surface area contributed by atoms with Crippen LogP contribution in [-0.4, -0.2) is 89.2 Å². The summed E-state index contributed by atoms with van der Waals surface area (Å²) in [5, 5.41) is 16.5. The molecule has 4 heterocycles. The Hall–Kier alpha value is -3.53. The van der Waals surface area contributed by atoms with Crippen molar-refractivity contribution >= 4 is 49.6 Å². The highest BCUT2D eigenvalue weighted by Gasteiger charge is 2.29. The molecular weight excluding hydrogens is 543 g/mol. The Labute approximate surface area is 243 Å². The Bertz CT molecular complexity index is 1550.